The predicted molar refractivity (Wildman–Crippen MR) is 427 cm³/mol. The van der Waals surface area contributed by atoms with Crippen LogP contribution in [-0.4, -0.2) is 64.8 Å². The second-order valence-corrected chi connectivity index (χ2v) is 29.6. The van der Waals surface area contributed by atoms with E-state index in [2.05, 4.69) is 229 Å². The zero-order chi connectivity index (χ0) is 68.4. The van der Waals surface area contributed by atoms with Crippen LogP contribution in [0.2, 0.25) is 0 Å². The lowest BCUT2D eigenvalue weighted by molar-refractivity contribution is 0.396. The molecule has 0 amide bonds. The van der Waals surface area contributed by atoms with Gasteiger partial charge in [0, 0.05) is 67.3 Å². The summed E-state index contributed by atoms with van der Waals surface area (Å²) < 4.78 is 0. The quantitative estimate of drug-likeness (QED) is 0.0380. The monoisotopic (exact) mass is 1300 g/mol. The van der Waals surface area contributed by atoms with E-state index in [4.69, 9.17) is 0 Å². The largest absolute Gasteiger partial charge is 0.509 e. The summed E-state index contributed by atoms with van der Waals surface area (Å²) in [6.45, 7) is 8.74. The van der Waals surface area contributed by atoms with Gasteiger partial charge in [-0.25, -0.2) is 0 Å². The molecular weight excluding hydrogens is 1220 g/mol. The fraction of sp³-hybridized carbons (Fsp3) is 0.182. The van der Waals surface area contributed by atoms with Crippen molar-refractivity contribution in [2.75, 3.05) is 9.80 Å². The molecular formula is C88H77B5N2O5. The van der Waals surface area contributed by atoms with Gasteiger partial charge in [-0.1, -0.05) is 168 Å². The third-order valence-corrected chi connectivity index (χ3v) is 25.0. The molecule has 0 spiro atoms. The Morgan fingerprint density at radius 3 is 1.23 bits per heavy atom. The summed E-state index contributed by atoms with van der Waals surface area (Å²) in [5.74, 6) is 1.10. The van der Waals surface area contributed by atoms with Crippen LogP contribution >= 0.6 is 0 Å². The van der Waals surface area contributed by atoms with Gasteiger partial charge in [0.1, 0.15) is 56.5 Å². The summed E-state index contributed by atoms with van der Waals surface area (Å²) in [6.07, 6.45) is 22.9. The molecule has 7 nitrogen and oxygen atoms in total. The van der Waals surface area contributed by atoms with E-state index < -0.39 is 10.8 Å². The number of anilines is 6. The van der Waals surface area contributed by atoms with E-state index >= 15 is 0 Å². The van der Waals surface area contributed by atoms with Crippen molar-refractivity contribution >= 4 is 133 Å². The van der Waals surface area contributed by atoms with Crippen LogP contribution in [0.4, 0.5) is 34.1 Å². The lowest BCUT2D eigenvalue weighted by Crippen LogP contribution is -2.42. The molecule has 12 heteroatoms. The van der Waals surface area contributed by atoms with E-state index in [-0.39, 0.29) is 46.0 Å². The van der Waals surface area contributed by atoms with Gasteiger partial charge in [-0.15, -0.1) is 13.2 Å². The molecule has 0 radical (unpaired) electrons. The third kappa shape index (κ3) is 8.64. The first-order valence-corrected chi connectivity index (χ1v) is 36.0. The molecule has 0 aliphatic heterocycles. The molecule has 4 unspecified atom stereocenters. The van der Waals surface area contributed by atoms with Gasteiger partial charge in [-0.05, 0) is 231 Å². The van der Waals surface area contributed by atoms with Crippen molar-refractivity contribution in [2.45, 2.75) is 75.0 Å². The minimum atomic E-state index is -0.850. The molecule has 8 aliphatic carbocycles. The lowest BCUT2D eigenvalue weighted by atomic mass is 9.58. The predicted octanol–water partition coefficient (Wildman–Crippen LogP) is 13.1. The zero-order valence-electron chi connectivity index (χ0n) is 57.6. The smallest absolute Gasteiger partial charge is 0.153 e. The molecule has 100 heavy (non-hydrogen) atoms. The topological polar surface area (TPSA) is 108 Å². The van der Waals surface area contributed by atoms with E-state index in [9.17, 15) is 25.5 Å². The van der Waals surface area contributed by atoms with E-state index in [0.717, 1.165) is 140 Å². The van der Waals surface area contributed by atoms with Crippen LogP contribution in [0.3, 0.4) is 0 Å². The van der Waals surface area contributed by atoms with Crippen LogP contribution in [0.1, 0.15) is 97.6 Å². The van der Waals surface area contributed by atoms with Gasteiger partial charge in [-0.2, -0.15) is 0 Å². The summed E-state index contributed by atoms with van der Waals surface area (Å²) in [5.41, 5.74) is 26.3. The van der Waals surface area contributed by atoms with Crippen molar-refractivity contribution in [1.82, 2.24) is 0 Å². The number of rotatable bonds is 11. The molecule has 5 N–H and O–H groups in total. The Labute approximate surface area is 590 Å². The number of benzene rings is 10. The Morgan fingerprint density at radius 2 is 0.780 bits per heavy atom. The van der Waals surface area contributed by atoms with E-state index in [1.165, 1.54) is 55.7 Å². The Kier molecular flexibility index (Phi) is 14.3. The molecule has 0 saturated heterocycles. The van der Waals surface area contributed by atoms with Gasteiger partial charge < -0.3 is 35.3 Å². The van der Waals surface area contributed by atoms with Gasteiger partial charge >= 0.3 is 0 Å². The lowest BCUT2D eigenvalue weighted by Gasteiger charge is -2.43. The Morgan fingerprint density at radius 1 is 0.390 bits per heavy atom. The second-order valence-electron chi connectivity index (χ2n) is 29.6. The Bertz CT molecular complexity index is 5100. The van der Waals surface area contributed by atoms with Crippen molar-refractivity contribution < 1.29 is 25.5 Å². The summed E-state index contributed by atoms with van der Waals surface area (Å²) in [6, 6.07) is 62.3. The summed E-state index contributed by atoms with van der Waals surface area (Å²) >= 11 is 0. The molecule has 8 aliphatic rings. The number of phenolic OH excluding ortho intramolecular Hbond substituents is 5. The maximum absolute atomic E-state index is 12.8. The number of fused-ring (bicyclic) bond motifs is 10. The highest BCUT2D eigenvalue weighted by atomic mass is 16.3. The van der Waals surface area contributed by atoms with Crippen molar-refractivity contribution in [1.29, 1.82) is 0 Å². The summed E-state index contributed by atoms with van der Waals surface area (Å²) in [7, 11) is 9.44. The number of phenols is 5. The Balaban J connectivity index is 0.805. The zero-order valence-corrected chi connectivity index (χ0v) is 57.6. The summed E-state index contributed by atoms with van der Waals surface area (Å²) in [5, 5.41) is 65.2. The number of hydrogen-bond acceptors (Lipinski definition) is 7. The van der Waals surface area contributed by atoms with Gasteiger partial charge in [0.05, 0.1) is 11.4 Å². The minimum Gasteiger partial charge on any atom is -0.509 e. The van der Waals surface area contributed by atoms with Crippen LogP contribution in [0.15, 0.2) is 253 Å². The van der Waals surface area contributed by atoms with E-state index in [1.54, 1.807) is 7.85 Å². The number of aromatic hydroxyl groups is 5. The van der Waals surface area contributed by atoms with E-state index in [1.807, 2.05) is 31.4 Å². The molecule has 12 bridgehead atoms. The first-order chi connectivity index (χ1) is 48.7. The van der Waals surface area contributed by atoms with Gasteiger partial charge in [-0.3, -0.25) is 0 Å². The minimum absolute atomic E-state index is 0.0274. The molecule has 0 saturated carbocycles. The van der Waals surface area contributed by atoms with Crippen LogP contribution in [0.25, 0.3) is 43.8 Å². The molecule has 18 rings (SSSR count). The van der Waals surface area contributed by atoms with Crippen molar-refractivity contribution in [2.24, 2.45) is 23.7 Å². The first-order valence-electron chi connectivity index (χ1n) is 36.0. The van der Waals surface area contributed by atoms with Crippen LogP contribution in [-0.2, 0) is 10.8 Å². The first kappa shape index (κ1) is 61.9. The molecule has 10 aromatic carbocycles. The molecule has 0 aromatic heterocycles. The van der Waals surface area contributed by atoms with Gasteiger partial charge in [0.15, 0.2) is 11.5 Å². The van der Waals surface area contributed by atoms with Crippen molar-refractivity contribution in [3.05, 3.63) is 286 Å². The maximum atomic E-state index is 12.8. The average molecular weight is 1300 g/mol. The standard InChI is InChI=1S/C88H77B5N2O5/c1-3-49-31-29-47-41-65(49)61-25-15-27-67-73(61)63-35-33-53(43-69(63)87(67,45-47)75-77(89)84(98)80(92)79(91)82(75)96)94(51-17-7-5-8-18-51)71-39-37-57(55-21-11-13-23-59(55)71)58-38-40-72(60-24-14-12-22-56(58)60)95(52-19-9-6-10-20-52)54-34-36-64-70(44-54)88(76-78(90)85(99)86(100)81(93)83(76)97)46-48-30-32-50(4-2)66(42-48)62-26-16-28-68(88)74(62)64/h3-14,17-26,33-44,49-50,65-66,96-100H,1-2,15-16,27-32,45-46,89-93H2/t49?,50?,65-,66+,87?,88?/m0/s1. The highest BCUT2D eigenvalue weighted by molar-refractivity contribution is 6.54. The van der Waals surface area contributed by atoms with Crippen molar-refractivity contribution in [3.8, 4) is 39.9 Å². The molecule has 0 fully saturated rings. The third-order valence-electron chi connectivity index (χ3n) is 25.0. The highest BCUT2D eigenvalue weighted by Gasteiger charge is 2.55. The van der Waals surface area contributed by atoms with E-state index in [0.29, 0.717) is 46.6 Å². The number of allylic oxidation sites excluding steroid dienone is 14. The Hall–Kier alpha value is -10.4. The molecule has 484 valence electrons. The number of para-hydroxylation sites is 2. The SMILES string of the molecule is Bc1c(B)c(O)c(C23CC4=C[C@H](C5=CCCC2=C5c2ccc(N(c5ccccc5)c5ccc(-c6ccc(N(c7ccccc7)c7ccc8c(c7)C7(c9c(B)c(O)c(O)c(B)c9O)CC9=C[C@@H](C%10=CCCC7=C%108)C(C=C)CC9)c7ccccc67)c6ccccc56)cc23)C(C=C)CC4)c(B)c1O. The second kappa shape index (κ2) is 23.1. The molecule has 6 atom stereocenters. The fourth-order valence-corrected chi connectivity index (χ4v) is 20.3. The number of hydrogen-bond donors (Lipinski definition) is 5. The fourth-order valence-electron chi connectivity index (χ4n) is 20.3. The van der Waals surface area contributed by atoms with Gasteiger partial charge in [0.2, 0.25) is 0 Å². The molecule has 10 aromatic rings. The van der Waals surface area contributed by atoms with Crippen LogP contribution < -0.4 is 37.1 Å². The summed E-state index contributed by atoms with van der Waals surface area (Å²) in [4.78, 5) is 4.82. The molecule has 0 heterocycles. The van der Waals surface area contributed by atoms with Crippen molar-refractivity contribution in [3.63, 3.8) is 0 Å². The van der Waals surface area contributed by atoms with Crippen LogP contribution in [0, 0.1) is 23.7 Å². The maximum Gasteiger partial charge on any atom is 0.153 e. The van der Waals surface area contributed by atoms with Crippen LogP contribution in [0.5, 0.6) is 28.7 Å². The average Bonchev–Trinajstić information content (AvgIpc) is 1.52. The normalized spacial score (nSPS) is 22.1. The van der Waals surface area contributed by atoms with Gasteiger partial charge in [0.25, 0.3) is 0 Å². The number of nitrogens with zero attached hydrogens (tertiary/aromatic N) is 2. The highest BCUT2D eigenvalue weighted by Crippen LogP contribution is 2.66.